The van der Waals surface area contributed by atoms with E-state index >= 15 is 0 Å². The number of furan rings is 1. The Morgan fingerprint density at radius 3 is 1.71 bits per heavy atom. The number of para-hydroxylation sites is 2. The molecule has 5 nitrogen and oxygen atoms in total. The Morgan fingerprint density at radius 1 is 0.393 bits per heavy atom. The van der Waals surface area contributed by atoms with Crippen molar-refractivity contribution in [2.75, 3.05) is 0 Å². The lowest BCUT2D eigenvalue weighted by Crippen LogP contribution is -1.94. The Morgan fingerprint density at radius 2 is 0.982 bits per heavy atom. The lowest BCUT2D eigenvalue weighted by Gasteiger charge is -2.11. The predicted molar refractivity (Wildman–Crippen MR) is 229 cm³/mol. The van der Waals surface area contributed by atoms with Gasteiger partial charge < -0.3 is 8.98 Å². The Bertz CT molecular complexity index is 3230. The summed E-state index contributed by atoms with van der Waals surface area (Å²) in [6.45, 7) is 0. The van der Waals surface area contributed by atoms with Crippen LogP contribution in [-0.4, -0.2) is 19.5 Å². The van der Waals surface area contributed by atoms with Gasteiger partial charge in [-0.3, -0.25) is 4.98 Å². The van der Waals surface area contributed by atoms with Gasteiger partial charge in [0, 0.05) is 50.8 Å². The molecule has 0 unspecified atom stereocenters. The fraction of sp³-hybridized carbons (Fsp3) is 0. The summed E-state index contributed by atoms with van der Waals surface area (Å²) in [5.41, 5.74) is 14.8. The van der Waals surface area contributed by atoms with Crippen LogP contribution in [0.1, 0.15) is 0 Å². The van der Waals surface area contributed by atoms with Crippen molar-refractivity contribution in [2.45, 2.75) is 0 Å². The van der Waals surface area contributed by atoms with E-state index in [2.05, 4.69) is 167 Å². The molecule has 0 N–H and O–H groups in total. The molecule has 0 saturated heterocycles. The van der Waals surface area contributed by atoms with E-state index in [4.69, 9.17) is 14.4 Å². The van der Waals surface area contributed by atoms with Crippen LogP contribution < -0.4 is 0 Å². The first-order valence-electron chi connectivity index (χ1n) is 18.7. The second-order valence-electron chi connectivity index (χ2n) is 14.1. The van der Waals surface area contributed by atoms with Crippen molar-refractivity contribution < 1.29 is 4.42 Å². The molecule has 0 atom stereocenters. The molecule has 7 aromatic carbocycles. The maximum Gasteiger partial charge on any atom is 0.159 e. The van der Waals surface area contributed by atoms with Gasteiger partial charge in [0.15, 0.2) is 11.4 Å². The summed E-state index contributed by atoms with van der Waals surface area (Å²) in [5.74, 6) is 0.688. The molecule has 0 fully saturated rings. The molecule has 0 aliphatic rings. The van der Waals surface area contributed by atoms with Crippen molar-refractivity contribution in [1.82, 2.24) is 19.5 Å². The van der Waals surface area contributed by atoms with E-state index in [0.717, 1.165) is 77.8 Å². The van der Waals surface area contributed by atoms with Gasteiger partial charge in [0.1, 0.15) is 5.58 Å². The van der Waals surface area contributed by atoms with E-state index in [1.54, 1.807) is 6.20 Å². The molecule has 0 saturated carbocycles. The molecular weight excluding hydrogens is 685 g/mol. The Kier molecular flexibility index (Phi) is 7.42. The fourth-order valence-electron chi connectivity index (χ4n) is 8.07. The summed E-state index contributed by atoms with van der Waals surface area (Å²) in [6, 6.07) is 62.1. The average Bonchev–Trinajstić information content (AvgIpc) is 3.82. The Hall–Kier alpha value is -7.63. The number of fused-ring (bicyclic) bond motifs is 6. The van der Waals surface area contributed by atoms with Crippen LogP contribution >= 0.6 is 0 Å². The number of rotatable bonds is 6. The van der Waals surface area contributed by atoms with Gasteiger partial charge >= 0.3 is 0 Å². The van der Waals surface area contributed by atoms with Crippen LogP contribution in [0, 0.1) is 0 Å². The lowest BCUT2D eigenvalue weighted by molar-refractivity contribution is 0.667. The molecule has 0 aliphatic heterocycles. The maximum atomic E-state index is 6.02. The first-order valence-corrected chi connectivity index (χ1v) is 18.7. The summed E-state index contributed by atoms with van der Waals surface area (Å²) in [6.07, 6.45) is 5.43. The molecule has 0 radical (unpaired) electrons. The highest BCUT2D eigenvalue weighted by molar-refractivity contribution is 6.09. The number of pyridine rings is 1. The van der Waals surface area contributed by atoms with Crippen LogP contribution in [0.5, 0.6) is 0 Å². The Balaban J connectivity index is 0.907. The van der Waals surface area contributed by atoms with Crippen LogP contribution in [0.25, 0.3) is 105 Å². The molecule has 5 heteroatoms. The quantitative estimate of drug-likeness (QED) is 0.172. The molecule has 0 amide bonds. The largest absolute Gasteiger partial charge is 0.454 e. The molecule has 56 heavy (non-hydrogen) atoms. The molecule has 4 heterocycles. The SMILES string of the molecule is c1cc(-c2cccc(-c3ccnc(-c4cccc(-c5cccc(-n6c7ccccc7c7ccccc76)c5)c4)n3)c2)cc(-c2ccc3oc4cnccc4c3c2)c1. The highest BCUT2D eigenvalue weighted by Gasteiger charge is 2.14. The van der Waals surface area contributed by atoms with E-state index in [-0.39, 0.29) is 0 Å². The third-order valence-electron chi connectivity index (χ3n) is 10.8. The second-order valence-corrected chi connectivity index (χ2v) is 14.1. The minimum atomic E-state index is 0.688. The summed E-state index contributed by atoms with van der Waals surface area (Å²) < 4.78 is 8.38. The summed E-state index contributed by atoms with van der Waals surface area (Å²) in [4.78, 5) is 14.0. The summed E-state index contributed by atoms with van der Waals surface area (Å²) in [7, 11) is 0. The topological polar surface area (TPSA) is 56.7 Å². The van der Waals surface area contributed by atoms with Gasteiger partial charge in [0.2, 0.25) is 0 Å². The van der Waals surface area contributed by atoms with E-state index < -0.39 is 0 Å². The first-order chi connectivity index (χ1) is 27.7. The smallest absolute Gasteiger partial charge is 0.159 e. The van der Waals surface area contributed by atoms with Crippen LogP contribution in [0.3, 0.4) is 0 Å². The zero-order chi connectivity index (χ0) is 37.0. The fourth-order valence-corrected chi connectivity index (χ4v) is 8.07. The molecule has 0 bridgehead atoms. The van der Waals surface area contributed by atoms with Gasteiger partial charge in [0.05, 0.1) is 22.9 Å². The molecule has 0 aliphatic carbocycles. The molecular formula is C51H32N4O. The number of hydrogen-bond acceptors (Lipinski definition) is 4. The van der Waals surface area contributed by atoms with Crippen LogP contribution in [0.4, 0.5) is 0 Å². The zero-order valence-corrected chi connectivity index (χ0v) is 30.2. The highest BCUT2D eigenvalue weighted by atomic mass is 16.3. The zero-order valence-electron chi connectivity index (χ0n) is 30.2. The lowest BCUT2D eigenvalue weighted by atomic mass is 9.96. The summed E-state index contributed by atoms with van der Waals surface area (Å²) in [5, 5.41) is 4.66. The van der Waals surface area contributed by atoms with Crippen molar-refractivity contribution in [3.8, 4) is 61.7 Å². The van der Waals surface area contributed by atoms with Gasteiger partial charge in [-0.2, -0.15) is 0 Å². The molecule has 0 spiro atoms. The van der Waals surface area contributed by atoms with Gasteiger partial charge in [-0.05, 0) is 100 Å². The van der Waals surface area contributed by atoms with E-state index in [0.29, 0.717) is 5.82 Å². The number of benzene rings is 7. The average molecular weight is 717 g/mol. The minimum absolute atomic E-state index is 0.688. The molecule has 4 aromatic heterocycles. The highest BCUT2D eigenvalue weighted by Crippen LogP contribution is 2.36. The van der Waals surface area contributed by atoms with Crippen LogP contribution in [0.15, 0.2) is 199 Å². The van der Waals surface area contributed by atoms with Gasteiger partial charge in [0.25, 0.3) is 0 Å². The van der Waals surface area contributed by atoms with Crippen molar-refractivity contribution in [3.63, 3.8) is 0 Å². The monoisotopic (exact) mass is 716 g/mol. The van der Waals surface area contributed by atoms with Crippen molar-refractivity contribution in [3.05, 3.63) is 195 Å². The predicted octanol–water partition coefficient (Wildman–Crippen LogP) is 13.2. The Labute approximate surface area is 322 Å². The maximum absolute atomic E-state index is 6.02. The van der Waals surface area contributed by atoms with E-state index in [9.17, 15) is 0 Å². The van der Waals surface area contributed by atoms with Gasteiger partial charge in [-0.15, -0.1) is 0 Å². The van der Waals surface area contributed by atoms with E-state index in [1.807, 2.05) is 30.6 Å². The van der Waals surface area contributed by atoms with Crippen molar-refractivity contribution in [1.29, 1.82) is 0 Å². The summed E-state index contributed by atoms with van der Waals surface area (Å²) >= 11 is 0. The number of nitrogens with zero attached hydrogens (tertiary/aromatic N) is 4. The molecule has 11 rings (SSSR count). The third-order valence-corrected chi connectivity index (χ3v) is 10.8. The third kappa shape index (κ3) is 5.45. The van der Waals surface area contributed by atoms with Gasteiger partial charge in [-0.25, -0.2) is 9.97 Å². The number of aromatic nitrogens is 4. The van der Waals surface area contributed by atoms with Crippen LogP contribution in [0.2, 0.25) is 0 Å². The second kappa shape index (κ2) is 13.0. The minimum Gasteiger partial charge on any atom is -0.454 e. The number of hydrogen-bond donors (Lipinski definition) is 0. The first kappa shape index (κ1) is 31.9. The van der Waals surface area contributed by atoms with E-state index in [1.165, 1.54) is 21.8 Å². The molecule has 262 valence electrons. The molecule has 11 aromatic rings. The normalized spacial score (nSPS) is 11.6. The van der Waals surface area contributed by atoms with Gasteiger partial charge in [-0.1, -0.05) is 109 Å². The van der Waals surface area contributed by atoms with Crippen molar-refractivity contribution >= 4 is 43.7 Å². The van der Waals surface area contributed by atoms with Crippen LogP contribution in [-0.2, 0) is 0 Å². The van der Waals surface area contributed by atoms with Crippen molar-refractivity contribution in [2.24, 2.45) is 0 Å². The standard InChI is InChI=1S/C51H32N4O/c1-3-19-47-42(17-1)43-18-2-4-20-48(43)55(47)41-16-8-13-37(30-41)36-12-7-15-40(29-36)51-53-26-24-46(54-51)39-14-6-11-35(28-39)33-9-5-10-34(27-33)38-21-22-49-45(31-38)44-23-25-52-32-50(44)56-49/h1-32H.